The smallest absolute Gasteiger partial charge is 0.262 e. The monoisotopic (exact) mass is 605 g/mol. The quantitative estimate of drug-likeness (QED) is 0.173. The summed E-state index contributed by atoms with van der Waals surface area (Å²) >= 11 is 0. The summed E-state index contributed by atoms with van der Waals surface area (Å²) in [5, 5.41) is 30.4. The minimum absolute atomic E-state index is 0.0923. The second-order valence-corrected chi connectivity index (χ2v) is 11.9. The van der Waals surface area contributed by atoms with Crippen LogP contribution in [0.25, 0.3) is 6.08 Å². The molecule has 4 amide bonds. The van der Waals surface area contributed by atoms with Crippen molar-refractivity contribution in [2.24, 2.45) is 5.92 Å². The number of nitrogens with zero attached hydrogens (tertiary/aromatic N) is 1. The third-order valence-corrected chi connectivity index (χ3v) is 6.25. The molecule has 0 unspecified atom stereocenters. The molecule has 11 heteroatoms. The van der Waals surface area contributed by atoms with Gasteiger partial charge in [-0.05, 0) is 64.0 Å². The highest BCUT2D eigenvalue weighted by molar-refractivity contribution is 6.02. The summed E-state index contributed by atoms with van der Waals surface area (Å²) in [6, 6.07) is 13.6. The Morgan fingerprint density at radius 3 is 2.20 bits per heavy atom. The molecule has 2 aromatic rings. The van der Waals surface area contributed by atoms with Gasteiger partial charge in [0.2, 0.25) is 17.7 Å². The number of amides is 4. The lowest BCUT2D eigenvalue weighted by Gasteiger charge is -2.25. The van der Waals surface area contributed by atoms with Gasteiger partial charge in [-0.25, -0.2) is 0 Å². The molecule has 0 saturated heterocycles. The molecule has 0 radical (unpaired) electrons. The molecule has 236 valence electrons. The number of aliphatic hydroxyl groups is 1. The second-order valence-electron chi connectivity index (χ2n) is 11.9. The molecule has 2 rings (SSSR count). The lowest BCUT2D eigenvalue weighted by Crippen LogP contribution is -2.58. The first-order valence-electron chi connectivity index (χ1n) is 14.4. The molecule has 5 N–H and O–H groups in total. The Balaban J connectivity index is 2.25. The summed E-state index contributed by atoms with van der Waals surface area (Å²) in [5.74, 6) is -2.35. The average Bonchev–Trinajstić information content (AvgIpc) is 2.95. The van der Waals surface area contributed by atoms with Crippen LogP contribution >= 0.6 is 0 Å². The van der Waals surface area contributed by atoms with Crippen LogP contribution in [0.5, 0.6) is 5.75 Å². The standard InChI is InChI=1S/C33H43N5O6/c1-20(2)29(40)37-28(22(4)39)32(43)36-27(31(42)35-18-23-13-11-21(3)12-14-23)19-44-26-10-8-9-24(16-26)15-25(17-34)30(41)38-33(5,6)7/h8-16,20,22,27-28,39H,18-19H2,1-7H3,(H,35,42)(H,36,43)(H,37,40)(H,38,41)/t22-,27+,28+/m1/s1. The van der Waals surface area contributed by atoms with Gasteiger partial charge in [-0.15, -0.1) is 0 Å². The number of rotatable bonds is 13. The van der Waals surface area contributed by atoms with Crippen molar-refractivity contribution in [1.82, 2.24) is 21.3 Å². The summed E-state index contributed by atoms with van der Waals surface area (Å²) in [6.07, 6.45) is 0.190. The van der Waals surface area contributed by atoms with E-state index in [2.05, 4.69) is 21.3 Å². The minimum Gasteiger partial charge on any atom is -0.491 e. The van der Waals surface area contributed by atoms with E-state index < -0.39 is 53.3 Å². The van der Waals surface area contributed by atoms with Gasteiger partial charge in [-0.1, -0.05) is 55.8 Å². The molecule has 0 aliphatic rings. The fourth-order valence-electron chi connectivity index (χ4n) is 3.78. The van der Waals surface area contributed by atoms with E-state index in [9.17, 15) is 29.5 Å². The fourth-order valence-corrected chi connectivity index (χ4v) is 3.78. The van der Waals surface area contributed by atoms with Gasteiger partial charge in [0, 0.05) is 18.0 Å². The van der Waals surface area contributed by atoms with E-state index >= 15 is 0 Å². The molecule has 3 atom stereocenters. The van der Waals surface area contributed by atoms with Crippen molar-refractivity contribution < 1.29 is 29.0 Å². The first-order chi connectivity index (χ1) is 20.6. The number of nitriles is 1. The van der Waals surface area contributed by atoms with Gasteiger partial charge in [0.1, 0.15) is 36.1 Å². The molecular weight excluding hydrogens is 562 g/mol. The van der Waals surface area contributed by atoms with Crippen LogP contribution in [0.15, 0.2) is 54.1 Å². The molecule has 0 saturated carbocycles. The largest absolute Gasteiger partial charge is 0.491 e. The van der Waals surface area contributed by atoms with Gasteiger partial charge in [0.15, 0.2) is 0 Å². The highest BCUT2D eigenvalue weighted by atomic mass is 16.5. The molecule has 44 heavy (non-hydrogen) atoms. The molecule has 0 aliphatic heterocycles. The zero-order valence-corrected chi connectivity index (χ0v) is 26.4. The number of hydrogen-bond donors (Lipinski definition) is 5. The minimum atomic E-state index is -1.30. The Bertz CT molecular complexity index is 1390. The highest BCUT2D eigenvalue weighted by Gasteiger charge is 2.30. The molecule has 0 spiro atoms. The van der Waals surface area contributed by atoms with Gasteiger partial charge >= 0.3 is 0 Å². The van der Waals surface area contributed by atoms with E-state index in [1.807, 2.05) is 58.0 Å². The number of carbonyl (C=O) groups excluding carboxylic acids is 4. The maximum absolute atomic E-state index is 13.3. The highest BCUT2D eigenvalue weighted by Crippen LogP contribution is 2.17. The Morgan fingerprint density at radius 2 is 1.64 bits per heavy atom. The number of nitrogens with one attached hydrogen (secondary N) is 4. The predicted molar refractivity (Wildman–Crippen MR) is 167 cm³/mol. The van der Waals surface area contributed by atoms with Crippen LogP contribution in [-0.4, -0.2) is 59.1 Å². The Labute approximate surface area is 259 Å². The van der Waals surface area contributed by atoms with Gasteiger partial charge in [-0.2, -0.15) is 5.26 Å². The number of benzene rings is 2. The van der Waals surface area contributed by atoms with Crippen molar-refractivity contribution in [2.75, 3.05) is 6.61 Å². The molecular formula is C33H43N5O6. The molecule has 0 aliphatic carbocycles. The van der Waals surface area contributed by atoms with Gasteiger partial charge in [-0.3, -0.25) is 19.2 Å². The average molecular weight is 606 g/mol. The van der Waals surface area contributed by atoms with Crippen molar-refractivity contribution in [3.63, 3.8) is 0 Å². The van der Waals surface area contributed by atoms with Crippen LogP contribution in [0.4, 0.5) is 0 Å². The summed E-state index contributed by atoms with van der Waals surface area (Å²) in [6.45, 7) is 12.0. The zero-order chi connectivity index (χ0) is 33.0. The van der Waals surface area contributed by atoms with Crippen molar-refractivity contribution in [1.29, 1.82) is 5.26 Å². The predicted octanol–water partition coefficient (Wildman–Crippen LogP) is 2.52. The van der Waals surface area contributed by atoms with Crippen molar-refractivity contribution in [2.45, 2.75) is 78.7 Å². The van der Waals surface area contributed by atoms with E-state index in [1.165, 1.54) is 13.0 Å². The topological polar surface area (TPSA) is 170 Å². The number of aryl methyl sites for hydroxylation is 1. The summed E-state index contributed by atoms with van der Waals surface area (Å²) in [4.78, 5) is 51.2. The van der Waals surface area contributed by atoms with Crippen molar-refractivity contribution >= 4 is 29.7 Å². The first kappa shape index (κ1) is 35.5. The molecule has 0 bridgehead atoms. The van der Waals surface area contributed by atoms with Gasteiger partial charge < -0.3 is 31.1 Å². The molecule has 11 nitrogen and oxygen atoms in total. The lowest BCUT2D eigenvalue weighted by molar-refractivity contribution is -0.135. The van der Waals surface area contributed by atoms with Crippen LogP contribution in [0.1, 0.15) is 58.2 Å². The Morgan fingerprint density at radius 1 is 0.977 bits per heavy atom. The Hall–Kier alpha value is -4.69. The molecule has 2 aromatic carbocycles. The first-order valence-corrected chi connectivity index (χ1v) is 14.4. The van der Waals surface area contributed by atoms with Crippen molar-refractivity contribution in [3.8, 4) is 11.8 Å². The fraction of sp³-hybridized carbons (Fsp3) is 0.424. The van der Waals surface area contributed by atoms with Crippen molar-refractivity contribution in [3.05, 3.63) is 70.8 Å². The number of carbonyl (C=O) groups is 4. The maximum atomic E-state index is 13.3. The van der Waals surface area contributed by atoms with Crippen LogP contribution in [0, 0.1) is 24.2 Å². The SMILES string of the molecule is Cc1ccc(CNC(=O)[C@H](COc2cccc(C=C(C#N)C(=O)NC(C)(C)C)c2)NC(=O)[C@@H](NC(=O)C(C)C)[C@@H](C)O)cc1. The zero-order valence-electron chi connectivity index (χ0n) is 26.4. The van der Waals surface area contributed by atoms with E-state index in [0.717, 1.165) is 11.1 Å². The van der Waals surface area contributed by atoms with E-state index in [1.54, 1.807) is 38.1 Å². The molecule has 0 aromatic heterocycles. The van der Waals surface area contributed by atoms with Gasteiger partial charge in [0.25, 0.3) is 5.91 Å². The Kier molecular flexibility index (Phi) is 13.1. The normalized spacial score (nSPS) is 13.6. The summed E-state index contributed by atoms with van der Waals surface area (Å²) in [7, 11) is 0. The maximum Gasteiger partial charge on any atom is 0.262 e. The number of ether oxygens (including phenoxy) is 1. The van der Waals surface area contributed by atoms with E-state index in [4.69, 9.17) is 4.74 Å². The van der Waals surface area contributed by atoms with Crippen LogP contribution in [-0.2, 0) is 25.7 Å². The van der Waals surface area contributed by atoms with Crippen LogP contribution in [0.2, 0.25) is 0 Å². The van der Waals surface area contributed by atoms with Crippen LogP contribution in [0.3, 0.4) is 0 Å². The molecule has 0 fully saturated rings. The molecule has 0 heterocycles. The summed E-state index contributed by atoms with van der Waals surface area (Å²) < 4.78 is 5.88. The van der Waals surface area contributed by atoms with E-state index in [0.29, 0.717) is 11.3 Å². The summed E-state index contributed by atoms with van der Waals surface area (Å²) in [5.41, 5.74) is 1.81. The van der Waals surface area contributed by atoms with E-state index in [-0.39, 0.29) is 18.7 Å². The van der Waals surface area contributed by atoms with Gasteiger partial charge in [0.05, 0.1) is 6.10 Å². The third kappa shape index (κ3) is 11.9. The lowest BCUT2D eigenvalue weighted by atomic mass is 10.1. The number of aliphatic hydroxyl groups excluding tert-OH is 1. The van der Waals surface area contributed by atoms with Crippen LogP contribution < -0.4 is 26.0 Å². The second kappa shape index (κ2) is 16.2. The third-order valence-electron chi connectivity index (χ3n) is 6.25. The number of hydrogen-bond acceptors (Lipinski definition) is 7.